The summed E-state index contributed by atoms with van der Waals surface area (Å²) in [6, 6.07) is 8.61. The number of nitrogens with zero attached hydrogens (tertiary/aromatic N) is 1. The smallest absolute Gasteiger partial charge is 0.246 e. The van der Waals surface area contributed by atoms with Crippen LogP contribution >= 0.6 is 0 Å². The van der Waals surface area contributed by atoms with Crippen LogP contribution in [0, 0.1) is 17.8 Å². The van der Waals surface area contributed by atoms with E-state index in [1.54, 1.807) is 0 Å². The molecule has 0 radical (unpaired) electrons. The van der Waals surface area contributed by atoms with Crippen LogP contribution < -0.4 is 10.6 Å². The van der Waals surface area contributed by atoms with Gasteiger partial charge in [0.05, 0.1) is 24.0 Å². The van der Waals surface area contributed by atoms with Crippen LogP contribution in [0.2, 0.25) is 0 Å². The molecular formula is C24H33N3O5. The molecule has 1 spiro atoms. The number of ether oxygens (including phenoxy) is 1. The van der Waals surface area contributed by atoms with E-state index in [9.17, 15) is 19.5 Å². The molecule has 2 bridgehead atoms. The number of hydrogen-bond acceptors (Lipinski definition) is 5. The number of aliphatic hydroxyl groups is 1. The normalized spacial score (nSPS) is 35.3. The van der Waals surface area contributed by atoms with Crippen molar-refractivity contribution in [2.75, 3.05) is 13.2 Å². The van der Waals surface area contributed by atoms with Gasteiger partial charge in [-0.1, -0.05) is 37.3 Å². The highest BCUT2D eigenvalue weighted by Crippen LogP contribution is 2.65. The topological polar surface area (TPSA) is 108 Å². The van der Waals surface area contributed by atoms with Gasteiger partial charge in [-0.25, -0.2) is 0 Å². The van der Waals surface area contributed by atoms with Crippen LogP contribution in [0.3, 0.4) is 0 Å². The van der Waals surface area contributed by atoms with Gasteiger partial charge in [-0.15, -0.1) is 0 Å². The molecule has 3 aliphatic rings. The Hall–Kier alpha value is -2.45. The van der Waals surface area contributed by atoms with Crippen LogP contribution in [0.5, 0.6) is 0 Å². The van der Waals surface area contributed by atoms with Gasteiger partial charge in [-0.2, -0.15) is 0 Å². The van der Waals surface area contributed by atoms with E-state index in [2.05, 4.69) is 10.6 Å². The standard InChI is InChI=1S/C24H33N3O5/c1-14(2)26-21(30)19-24-12-15(3)23(4,32-24)17(18(24)22(31)27(19)10-11-28)20(29)25-13-16-8-6-5-7-9-16/h5-9,14-15,17-19,28H,10-13H2,1-4H3,(H,25,29)(H,26,30)/t15?,17-,18+,19?,23+,24?/m1/s1. The summed E-state index contributed by atoms with van der Waals surface area (Å²) in [5, 5.41) is 15.5. The maximum Gasteiger partial charge on any atom is 0.246 e. The van der Waals surface area contributed by atoms with Gasteiger partial charge in [-0.05, 0) is 38.7 Å². The third-order valence-electron chi connectivity index (χ3n) is 7.43. The first-order valence-electron chi connectivity index (χ1n) is 11.4. The van der Waals surface area contributed by atoms with Crippen LogP contribution in [-0.2, 0) is 25.7 Å². The summed E-state index contributed by atoms with van der Waals surface area (Å²) < 4.78 is 6.57. The Morgan fingerprint density at radius 2 is 1.94 bits per heavy atom. The molecule has 3 aliphatic heterocycles. The van der Waals surface area contributed by atoms with Crippen molar-refractivity contribution in [2.24, 2.45) is 17.8 Å². The monoisotopic (exact) mass is 443 g/mol. The van der Waals surface area contributed by atoms with E-state index in [0.29, 0.717) is 13.0 Å². The maximum atomic E-state index is 13.6. The number of fused-ring (bicyclic) bond motifs is 1. The maximum absolute atomic E-state index is 13.6. The second-order valence-corrected chi connectivity index (χ2v) is 9.83. The van der Waals surface area contributed by atoms with Gasteiger partial charge in [0, 0.05) is 19.1 Å². The molecule has 8 heteroatoms. The second kappa shape index (κ2) is 8.15. The van der Waals surface area contributed by atoms with E-state index in [-0.39, 0.29) is 42.8 Å². The number of nitrogens with one attached hydrogen (secondary N) is 2. The van der Waals surface area contributed by atoms with E-state index >= 15 is 0 Å². The zero-order chi connectivity index (χ0) is 23.3. The molecule has 3 heterocycles. The van der Waals surface area contributed by atoms with Crippen molar-refractivity contribution in [3.05, 3.63) is 35.9 Å². The highest BCUT2D eigenvalue weighted by molar-refractivity contribution is 5.99. The summed E-state index contributed by atoms with van der Waals surface area (Å²) >= 11 is 0. The SMILES string of the molecule is CC(C)NC(=O)C1N(CCO)C(=O)[C@@H]2[C@H](C(=O)NCc3ccccc3)[C@@]3(C)OC12CC3C. The van der Waals surface area contributed by atoms with E-state index in [1.807, 2.05) is 58.0 Å². The molecule has 1 aromatic rings. The highest BCUT2D eigenvalue weighted by Gasteiger charge is 2.79. The minimum Gasteiger partial charge on any atom is -0.395 e. The average Bonchev–Trinajstić information content (AvgIpc) is 3.24. The van der Waals surface area contributed by atoms with Crippen LogP contribution in [0.25, 0.3) is 0 Å². The number of likely N-dealkylation sites (tertiary alicyclic amines) is 1. The lowest BCUT2D eigenvalue weighted by molar-refractivity contribution is -0.148. The fourth-order valence-corrected chi connectivity index (χ4v) is 6.05. The molecule has 8 nitrogen and oxygen atoms in total. The number of benzene rings is 1. The number of hydrogen-bond donors (Lipinski definition) is 3. The number of carbonyl (C=O) groups is 3. The molecule has 0 saturated carbocycles. The van der Waals surface area contributed by atoms with Gasteiger partial charge < -0.3 is 25.4 Å². The first-order chi connectivity index (χ1) is 15.2. The lowest BCUT2D eigenvalue weighted by Gasteiger charge is -2.36. The summed E-state index contributed by atoms with van der Waals surface area (Å²) in [5.74, 6) is -2.31. The molecule has 3 N–H and O–H groups in total. The van der Waals surface area contributed by atoms with Gasteiger partial charge in [-0.3, -0.25) is 14.4 Å². The number of β-amino-alcohol motifs (C(OH)–C–C–N with tert-alkyl or cyclic N) is 1. The van der Waals surface area contributed by atoms with Crippen molar-refractivity contribution in [3.63, 3.8) is 0 Å². The van der Waals surface area contributed by atoms with Crippen LogP contribution in [0.4, 0.5) is 0 Å². The van der Waals surface area contributed by atoms with Crippen LogP contribution in [-0.4, -0.2) is 64.2 Å². The number of carbonyl (C=O) groups excluding carboxylic acids is 3. The number of amides is 3. The molecule has 0 aliphatic carbocycles. The summed E-state index contributed by atoms with van der Waals surface area (Å²) in [6.45, 7) is 7.73. The Labute approximate surface area is 188 Å². The molecule has 3 amide bonds. The van der Waals surface area contributed by atoms with Crippen LogP contribution in [0.1, 0.15) is 39.7 Å². The summed E-state index contributed by atoms with van der Waals surface area (Å²) in [5.41, 5.74) is -0.955. The lowest BCUT2D eigenvalue weighted by atomic mass is 9.62. The van der Waals surface area contributed by atoms with Gasteiger partial charge in [0.15, 0.2) is 0 Å². The number of rotatable bonds is 7. The van der Waals surface area contributed by atoms with Crippen LogP contribution in [0.15, 0.2) is 30.3 Å². The predicted molar refractivity (Wildman–Crippen MR) is 117 cm³/mol. The molecule has 174 valence electrons. The Balaban J connectivity index is 1.68. The van der Waals surface area contributed by atoms with E-state index in [4.69, 9.17) is 4.74 Å². The van der Waals surface area contributed by atoms with E-state index in [0.717, 1.165) is 5.56 Å². The molecule has 6 atom stereocenters. The highest BCUT2D eigenvalue weighted by atomic mass is 16.5. The molecule has 1 aromatic carbocycles. The first kappa shape index (κ1) is 22.7. The Bertz CT molecular complexity index is 906. The van der Waals surface area contributed by atoms with E-state index in [1.165, 1.54) is 4.90 Å². The quantitative estimate of drug-likeness (QED) is 0.579. The van der Waals surface area contributed by atoms with Gasteiger partial charge in [0.25, 0.3) is 0 Å². The van der Waals surface area contributed by atoms with E-state index < -0.39 is 29.1 Å². The minimum absolute atomic E-state index is 0.0116. The Morgan fingerprint density at radius 3 is 2.56 bits per heavy atom. The van der Waals surface area contributed by atoms with Crippen molar-refractivity contribution < 1.29 is 24.2 Å². The summed E-state index contributed by atoms with van der Waals surface area (Å²) in [6.07, 6.45) is 0.514. The molecular weight excluding hydrogens is 410 g/mol. The summed E-state index contributed by atoms with van der Waals surface area (Å²) in [7, 11) is 0. The third-order valence-corrected chi connectivity index (χ3v) is 7.43. The largest absolute Gasteiger partial charge is 0.395 e. The molecule has 3 unspecified atom stereocenters. The first-order valence-corrected chi connectivity index (χ1v) is 11.4. The molecule has 4 rings (SSSR count). The average molecular weight is 444 g/mol. The number of aliphatic hydroxyl groups excluding tert-OH is 1. The zero-order valence-corrected chi connectivity index (χ0v) is 19.1. The van der Waals surface area contributed by atoms with Crippen molar-refractivity contribution in [1.29, 1.82) is 0 Å². The van der Waals surface area contributed by atoms with Crippen molar-refractivity contribution in [2.45, 2.75) is 63.9 Å². The molecule has 32 heavy (non-hydrogen) atoms. The molecule has 0 aromatic heterocycles. The zero-order valence-electron chi connectivity index (χ0n) is 19.1. The molecule has 3 saturated heterocycles. The third kappa shape index (κ3) is 3.31. The minimum atomic E-state index is -1.08. The second-order valence-electron chi connectivity index (χ2n) is 9.83. The Kier molecular flexibility index (Phi) is 5.79. The fourth-order valence-electron chi connectivity index (χ4n) is 6.05. The van der Waals surface area contributed by atoms with Gasteiger partial charge in [0.2, 0.25) is 17.7 Å². The van der Waals surface area contributed by atoms with Crippen molar-refractivity contribution in [1.82, 2.24) is 15.5 Å². The van der Waals surface area contributed by atoms with Gasteiger partial charge in [0.1, 0.15) is 11.6 Å². The Morgan fingerprint density at radius 1 is 1.25 bits per heavy atom. The predicted octanol–water partition coefficient (Wildman–Crippen LogP) is 0.830. The van der Waals surface area contributed by atoms with Crippen molar-refractivity contribution in [3.8, 4) is 0 Å². The fraction of sp³-hybridized carbons (Fsp3) is 0.625. The van der Waals surface area contributed by atoms with Crippen molar-refractivity contribution >= 4 is 17.7 Å². The summed E-state index contributed by atoms with van der Waals surface area (Å²) in [4.78, 5) is 41.7. The lowest BCUT2D eigenvalue weighted by Crippen LogP contribution is -2.57. The molecule has 3 fully saturated rings. The van der Waals surface area contributed by atoms with Gasteiger partial charge >= 0.3 is 0 Å².